The number of hydrogen-bond donors (Lipinski definition) is 0. The second-order valence-electron chi connectivity index (χ2n) is 2.86. The number of aromatic nitrogens is 2. The number of hydrogen-bond acceptors (Lipinski definition) is 1. The number of aryl methyl sites for hydroxylation is 2. The Labute approximate surface area is 93.1 Å². The maximum absolute atomic E-state index is 4.41. The van der Waals surface area contributed by atoms with Crippen LogP contribution in [0.1, 0.15) is 25.2 Å². The lowest BCUT2D eigenvalue weighted by molar-refractivity contribution is 1.09. The first-order valence-corrected chi connectivity index (χ1v) is 5.58. The van der Waals surface area contributed by atoms with E-state index in [1.54, 1.807) is 0 Å². The van der Waals surface area contributed by atoms with Crippen LogP contribution in [0.2, 0.25) is 0 Å². The summed E-state index contributed by atoms with van der Waals surface area (Å²) >= 11 is 3.41. The standard InChI is InChI=1S/C9H9BrN2.C2H6/c1-6-7(2)12-4-3-8(10)5-9(12)11-6;1-2/h3-5H,1-2H3;1-2H3. The van der Waals surface area contributed by atoms with Crippen LogP contribution in [-0.4, -0.2) is 9.38 Å². The van der Waals surface area contributed by atoms with Gasteiger partial charge in [0.05, 0.1) is 5.69 Å². The topological polar surface area (TPSA) is 17.3 Å². The summed E-state index contributed by atoms with van der Waals surface area (Å²) < 4.78 is 3.15. The van der Waals surface area contributed by atoms with Crippen molar-refractivity contribution >= 4 is 21.6 Å². The van der Waals surface area contributed by atoms with Crippen LogP contribution in [-0.2, 0) is 0 Å². The zero-order chi connectivity index (χ0) is 10.7. The Morgan fingerprint density at radius 1 is 1.29 bits per heavy atom. The molecule has 76 valence electrons. The second-order valence-corrected chi connectivity index (χ2v) is 3.77. The molecule has 0 spiro atoms. The first-order chi connectivity index (χ1) is 6.68. The van der Waals surface area contributed by atoms with E-state index >= 15 is 0 Å². The molecular formula is C11H15BrN2. The van der Waals surface area contributed by atoms with Crippen LogP contribution in [0, 0.1) is 13.8 Å². The molecule has 0 saturated carbocycles. The zero-order valence-electron chi connectivity index (χ0n) is 9.00. The second kappa shape index (κ2) is 4.60. The minimum absolute atomic E-state index is 0.999. The molecule has 0 amide bonds. The molecule has 2 aromatic heterocycles. The molecule has 0 radical (unpaired) electrons. The fourth-order valence-corrected chi connectivity index (χ4v) is 1.58. The van der Waals surface area contributed by atoms with Crippen molar-refractivity contribution in [3.63, 3.8) is 0 Å². The SMILES string of the molecule is CC.Cc1nc2cc(Br)ccn2c1C. The Morgan fingerprint density at radius 2 is 1.93 bits per heavy atom. The van der Waals surface area contributed by atoms with Crippen molar-refractivity contribution in [2.75, 3.05) is 0 Å². The van der Waals surface area contributed by atoms with Gasteiger partial charge in [0, 0.05) is 16.4 Å². The maximum atomic E-state index is 4.41. The third-order valence-corrected chi connectivity index (χ3v) is 2.56. The predicted octanol–water partition coefficient (Wildman–Crippen LogP) is 3.74. The van der Waals surface area contributed by atoms with Crippen LogP contribution in [0.4, 0.5) is 0 Å². The van der Waals surface area contributed by atoms with Gasteiger partial charge in [-0.1, -0.05) is 29.8 Å². The van der Waals surface area contributed by atoms with E-state index in [0.29, 0.717) is 0 Å². The molecule has 0 fully saturated rings. The minimum Gasteiger partial charge on any atom is -0.304 e. The average Bonchev–Trinajstić information content (AvgIpc) is 2.45. The van der Waals surface area contributed by atoms with Crippen molar-refractivity contribution in [3.8, 4) is 0 Å². The number of rotatable bonds is 0. The molecule has 0 N–H and O–H groups in total. The molecule has 2 rings (SSSR count). The molecule has 0 aliphatic carbocycles. The van der Waals surface area contributed by atoms with Gasteiger partial charge in [0.1, 0.15) is 5.65 Å². The number of pyridine rings is 1. The van der Waals surface area contributed by atoms with E-state index in [0.717, 1.165) is 15.8 Å². The molecule has 0 atom stereocenters. The van der Waals surface area contributed by atoms with Gasteiger partial charge in [-0.2, -0.15) is 0 Å². The third kappa shape index (κ3) is 1.98. The van der Waals surface area contributed by atoms with Gasteiger partial charge in [-0.15, -0.1) is 0 Å². The molecule has 0 aliphatic rings. The first-order valence-electron chi connectivity index (χ1n) is 4.79. The van der Waals surface area contributed by atoms with E-state index in [1.165, 1.54) is 5.69 Å². The quantitative estimate of drug-likeness (QED) is 0.701. The van der Waals surface area contributed by atoms with Crippen molar-refractivity contribution in [2.45, 2.75) is 27.7 Å². The number of nitrogens with zero attached hydrogens (tertiary/aromatic N) is 2. The normalized spacial score (nSPS) is 9.79. The fraction of sp³-hybridized carbons (Fsp3) is 0.364. The molecule has 2 nitrogen and oxygen atoms in total. The third-order valence-electron chi connectivity index (χ3n) is 2.06. The average molecular weight is 255 g/mol. The summed E-state index contributed by atoms with van der Waals surface area (Å²) in [6.07, 6.45) is 2.02. The molecule has 2 heterocycles. The lowest BCUT2D eigenvalue weighted by Crippen LogP contribution is -1.85. The molecule has 0 unspecified atom stereocenters. The van der Waals surface area contributed by atoms with E-state index in [2.05, 4.69) is 32.2 Å². The Balaban J connectivity index is 0.000000461. The Hall–Kier alpha value is -0.830. The highest BCUT2D eigenvalue weighted by Gasteiger charge is 2.02. The van der Waals surface area contributed by atoms with Gasteiger partial charge in [0.25, 0.3) is 0 Å². The van der Waals surface area contributed by atoms with Gasteiger partial charge in [0.15, 0.2) is 0 Å². The summed E-state index contributed by atoms with van der Waals surface area (Å²) in [4.78, 5) is 4.41. The van der Waals surface area contributed by atoms with Gasteiger partial charge < -0.3 is 4.40 Å². The van der Waals surface area contributed by atoms with Crippen molar-refractivity contribution in [1.29, 1.82) is 0 Å². The summed E-state index contributed by atoms with van der Waals surface area (Å²) in [5.41, 5.74) is 3.30. The van der Waals surface area contributed by atoms with Crippen LogP contribution in [0.5, 0.6) is 0 Å². The van der Waals surface area contributed by atoms with Gasteiger partial charge in [-0.05, 0) is 26.0 Å². The highest BCUT2D eigenvalue weighted by Crippen LogP contribution is 2.15. The van der Waals surface area contributed by atoms with Crippen LogP contribution in [0.15, 0.2) is 22.8 Å². The van der Waals surface area contributed by atoms with E-state index in [9.17, 15) is 0 Å². The molecule has 0 bridgehead atoms. The smallest absolute Gasteiger partial charge is 0.138 e. The molecule has 2 aromatic rings. The molecule has 3 heteroatoms. The van der Waals surface area contributed by atoms with Gasteiger partial charge in [0.2, 0.25) is 0 Å². The monoisotopic (exact) mass is 254 g/mol. The van der Waals surface area contributed by atoms with Crippen LogP contribution in [0.25, 0.3) is 5.65 Å². The van der Waals surface area contributed by atoms with Crippen molar-refractivity contribution in [1.82, 2.24) is 9.38 Å². The van der Waals surface area contributed by atoms with E-state index in [4.69, 9.17) is 0 Å². The van der Waals surface area contributed by atoms with Crippen molar-refractivity contribution in [3.05, 3.63) is 34.2 Å². The van der Waals surface area contributed by atoms with Gasteiger partial charge >= 0.3 is 0 Å². The van der Waals surface area contributed by atoms with Crippen molar-refractivity contribution in [2.24, 2.45) is 0 Å². The molecular weight excluding hydrogens is 240 g/mol. The highest BCUT2D eigenvalue weighted by molar-refractivity contribution is 9.10. The van der Waals surface area contributed by atoms with Gasteiger partial charge in [-0.25, -0.2) is 4.98 Å². The Morgan fingerprint density at radius 3 is 2.57 bits per heavy atom. The lowest BCUT2D eigenvalue weighted by atomic mass is 10.4. The highest BCUT2D eigenvalue weighted by atomic mass is 79.9. The van der Waals surface area contributed by atoms with Crippen LogP contribution < -0.4 is 0 Å². The Bertz CT molecular complexity index is 432. The maximum Gasteiger partial charge on any atom is 0.138 e. The molecule has 0 aromatic carbocycles. The molecule has 0 aliphatic heterocycles. The molecule has 0 saturated heterocycles. The van der Waals surface area contributed by atoms with E-state index in [-0.39, 0.29) is 0 Å². The fourth-order valence-electron chi connectivity index (χ4n) is 1.26. The molecule has 14 heavy (non-hydrogen) atoms. The largest absolute Gasteiger partial charge is 0.304 e. The van der Waals surface area contributed by atoms with Crippen LogP contribution >= 0.6 is 15.9 Å². The number of halogens is 1. The van der Waals surface area contributed by atoms with Crippen LogP contribution in [0.3, 0.4) is 0 Å². The summed E-state index contributed by atoms with van der Waals surface area (Å²) in [5, 5.41) is 0. The first kappa shape index (κ1) is 11.2. The summed E-state index contributed by atoms with van der Waals surface area (Å²) in [6.45, 7) is 8.10. The summed E-state index contributed by atoms with van der Waals surface area (Å²) in [6, 6.07) is 4.03. The van der Waals surface area contributed by atoms with E-state index < -0.39 is 0 Å². The number of fused-ring (bicyclic) bond motifs is 1. The summed E-state index contributed by atoms with van der Waals surface area (Å²) in [5.74, 6) is 0. The van der Waals surface area contributed by atoms with Gasteiger partial charge in [-0.3, -0.25) is 0 Å². The van der Waals surface area contributed by atoms with Crippen molar-refractivity contribution < 1.29 is 0 Å². The Kier molecular flexibility index (Phi) is 3.69. The predicted molar refractivity (Wildman–Crippen MR) is 63.7 cm³/mol. The number of imidazole rings is 1. The minimum atomic E-state index is 0.999. The lowest BCUT2D eigenvalue weighted by Gasteiger charge is -1.95. The zero-order valence-corrected chi connectivity index (χ0v) is 10.6. The summed E-state index contributed by atoms with van der Waals surface area (Å²) in [7, 11) is 0. The van der Waals surface area contributed by atoms with E-state index in [1.807, 2.05) is 39.1 Å².